The molecule has 0 spiro atoms. The summed E-state index contributed by atoms with van der Waals surface area (Å²) in [7, 11) is 0. The van der Waals surface area contributed by atoms with Crippen LogP contribution in [0.2, 0.25) is 5.02 Å². The van der Waals surface area contributed by atoms with Crippen molar-refractivity contribution in [3.63, 3.8) is 0 Å². The highest BCUT2D eigenvalue weighted by molar-refractivity contribution is 6.32. The summed E-state index contributed by atoms with van der Waals surface area (Å²) in [4.78, 5) is 47.8. The van der Waals surface area contributed by atoms with Gasteiger partial charge in [0.2, 0.25) is 17.5 Å². The number of H-pyrrole nitrogens is 1. The lowest BCUT2D eigenvalue weighted by Gasteiger charge is -2.08. The van der Waals surface area contributed by atoms with Crippen molar-refractivity contribution in [3.05, 3.63) is 52.7 Å². The van der Waals surface area contributed by atoms with Crippen molar-refractivity contribution in [1.82, 2.24) is 15.0 Å². The maximum atomic E-state index is 12.9. The molecule has 138 valence electrons. The lowest BCUT2D eigenvalue weighted by atomic mass is 10.1. The van der Waals surface area contributed by atoms with Gasteiger partial charge in [0.15, 0.2) is 0 Å². The second kappa shape index (κ2) is 7.55. The summed E-state index contributed by atoms with van der Waals surface area (Å²) in [5.74, 6) is -1.63. The minimum atomic E-state index is -0.620. The molecule has 0 saturated heterocycles. The topological polar surface area (TPSA) is 114 Å². The van der Waals surface area contributed by atoms with Crippen LogP contribution in [0.3, 0.4) is 0 Å². The minimum absolute atomic E-state index is 0.0409. The molecule has 0 radical (unpaired) electrons. The third kappa shape index (κ3) is 3.65. The SMILES string of the molecule is CCOC(=O)c1cc(Cl)cc2[nH]c(C(=O)c3ncccn3)c(NC(C)=O)c12. The summed E-state index contributed by atoms with van der Waals surface area (Å²) >= 11 is 6.11. The van der Waals surface area contributed by atoms with Crippen molar-refractivity contribution in [2.45, 2.75) is 13.8 Å². The van der Waals surface area contributed by atoms with Gasteiger partial charge in [-0.3, -0.25) is 9.59 Å². The molecule has 0 aliphatic rings. The first-order chi connectivity index (χ1) is 12.9. The van der Waals surface area contributed by atoms with Gasteiger partial charge in [-0.15, -0.1) is 0 Å². The summed E-state index contributed by atoms with van der Waals surface area (Å²) in [5, 5.41) is 3.21. The van der Waals surface area contributed by atoms with Crippen LogP contribution < -0.4 is 5.32 Å². The Hall–Kier alpha value is -3.26. The van der Waals surface area contributed by atoms with Crippen molar-refractivity contribution < 1.29 is 19.1 Å². The highest BCUT2D eigenvalue weighted by Gasteiger charge is 2.26. The fraction of sp³-hybridized carbons (Fsp3) is 0.167. The number of rotatable bonds is 5. The van der Waals surface area contributed by atoms with E-state index in [9.17, 15) is 14.4 Å². The number of nitrogens with zero attached hydrogens (tertiary/aromatic N) is 2. The van der Waals surface area contributed by atoms with Gasteiger partial charge in [-0.05, 0) is 25.1 Å². The predicted octanol–water partition coefficient (Wildman–Crippen LogP) is 2.98. The van der Waals surface area contributed by atoms with Crippen LogP contribution in [0.5, 0.6) is 0 Å². The normalized spacial score (nSPS) is 10.6. The highest BCUT2D eigenvalue weighted by Crippen LogP contribution is 2.34. The zero-order valence-electron chi connectivity index (χ0n) is 14.5. The van der Waals surface area contributed by atoms with E-state index in [0.717, 1.165) is 0 Å². The molecule has 27 heavy (non-hydrogen) atoms. The third-order valence-electron chi connectivity index (χ3n) is 3.66. The van der Waals surface area contributed by atoms with Gasteiger partial charge in [0.05, 0.1) is 23.4 Å². The van der Waals surface area contributed by atoms with Crippen LogP contribution >= 0.6 is 11.6 Å². The van der Waals surface area contributed by atoms with E-state index in [0.29, 0.717) is 10.9 Å². The molecule has 8 nitrogen and oxygen atoms in total. The summed E-state index contributed by atoms with van der Waals surface area (Å²) in [5.41, 5.74) is 0.717. The van der Waals surface area contributed by atoms with Crippen LogP contribution in [0, 0.1) is 0 Å². The zero-order valence-corrected chi connectivity index (χ0v) is 15.3. The molecule has 0 aliphatic carbocycles. The molecular formula is C18H15ClN4O4. The largest absolute Gasteiger partial charge is 0.462 e. The Morgan fingerprint density at radius 1 is 1.22 bits per heavy atom. The van der Waals surface area contributed by atoms with Crippen molar-refractivity contribution in [3.8, 4) is 0 Å². The van der Waals surface area contributed by atoms with Crippen LogP contribution in [0.4, 0.5) is 5.69 Å². The number of amides is 1. The van der Waals surface area contributed by atoms with Crippen LogP contribution in [0.25, 0.3) is 10.9 Å². The number of esters is 1. The van der Waals surface area contributed by atoms with Crippen molar-refractivity contribution >= 4 is 45.9 Å². The predicted molar refractivity (Wildman–Crippen MR) is 99.0 cm³/mol. The molecule has 1 aromatic carbocycles. The molecular weight excluding hydrogens is 372 g/mol. The number of aromatic amines is 1. The van der Waals surface area contributed by atoms with E-state index in [4.69, 9.17) is 16.3 Å². The number of carbonyl (C=O) groups is 3. The number of hydrogen-bond donors (Lipinski definition) is 2. The maximum absolute atomic E-state index is 12.9. The van der Waals surface area contributed by atoms with E-state index in [1.807, 2.05) is 0 Å². The van der Waals surface area contributed by atoms with E-state index in [2.05, 4.69) is 20.3 Å². The number of fused-ring (bicyclic) bond motifs is 1. The maximum Gasteiger partial charge on any atom is 0.338 e. The van der Waals surface area contributed by atoms with Crippen LogP contribution in [0.15, 0.2) is 30.6 Å². The van der Waals surface area contributed by atoms with Gasteiger partial charge < -0.3 is 15.0 Å². The molecule has 9 heteroatoms. The number of aromatic nitrogens is 3. The molecule has 0 atom stereocenters. The van der Waals surface area contributed by atoms with E-state index in [1.54, 1.807) is 19.1 Å². The van der Waals surface area contributed by atoms with Crippen LogP contribution in [-0.4, -0.2) is 39.2 Å². The molecule has 1 amide bonds. The van der Waals surface area contributed by atoms with Crippen LogP contribution in [0.1, 0.15) is 40.5 Å². The van der Waals surface area contributed by atoms with Crippen molar-refractivity contribution in [2.24, 2.45) is 0 Å². The van der Waals surface area contributed by atoms with E-state index < -0.39 is 17.7 Å². The Bertz CT molecular complexity index is 1050. The second-order valence-corrected chi connectivity index (χ2v) is 5.99. The number of hydrogen-bond acceptors (Lipinski definition) is 6. The fourth-order valence-electron chi connectivity index (χ4n) is 2.67. The summed E-state index contributed by atoms with van der Waals surface area (Å²) in [6, 6.07) is 4.55. The molecule has 3 aromatic rings. The first-order valence-electron chi connectivity index (χ1n) is 8.04. The third-order valence-corrected chi connectivity index (χ3v) is 3.87. The number of carbonyl (C=O) groups excluding carboxylic acids is 3. The molecule has 2 N–H and O–H groups in total. The monoisotopic (exact) mass is 386 g/mol. The molecule has 0 bridgehead atoms. The number of ketones is 1. The first kappa shape index (κ1) is 18.5. The number of ether oxygens (including phenoxy) is 1. The van der Waals surface area contributed by atoms with Gasteiger partial charge in [-0.2, -0.15) is 0 Å². The fourth-order valence-corrected chi connectivity index (χ4v) is 2.88. The smallest absolute Gasteiger partial charge is 0.338 e. The number of benzene rings is 1. The standard InChI is InChI=1S/C18H15ClN4O4/c1-3-27-18(26)11-7-10(19)8-12-13(11)14(22-9(2)24)15(23-12)16(25)17-20-5-4-6-21-17/h4-8,23H,3H2,1-2H3,(H,22,24). The van der Waals surface area contributed by atoms with E-state index in [-0.39, 0.29) is 34.4 Å². The minimum Gasteiger partial charge on any atom is -0.462 e. The molecule has 3 rings (SSSR count). The van der Waals surface area contributed by atoms with Gasteiger partial charge in [0.25, 0.3) is 0 Å². The lowest BCUT2D eigenvalue weighted by Crippen LogP contribution is -2.13. The quantitative estimate of drug-likeness (QED) is 0.514. The Morgan fingerprint density at radius 3 is 2.56 bits per heavy atom. The first-order valence-corrected chi connectivity index (χ1v) is 8.41. The average Bonchev–Trinajstić information content (AvgIpc) is 2.98. The molecule has 2 aromatic heterocycles. The van der Waals surface area contributed by atoms with Gasteiger partial charge in [-0.1, -0.05) is 11.6 Å². The lowest BCUT2D eigenvalue weighted by molar-refractivity contribution is -0.114. The van der Waals surface area contributed by atoms with Gasteiger partial charge in [0, 0.05) is 29.7 Å². The zero-order chi connectivity index (χ0) is 19.6. The van der Waals surface area contributed by atoms with E-state index >= 15 is 0 Å². The molecule has 0 unspecified atom stereocenters. The highest BCUT2D eigenvalue weighted by atomic mass is 35.5. The summed E-state index contributed by atoms with van der Waals surface area (Å²) in [6.07, 6.45) is 2.86. The molecule has 0 fully saturated rings. The molecule has 0 aliphatic heterocycles. The second-order valence-electron chi connectivity index (χ2n) is 5.55. The Morgan fingerprint density at radius 2 is 1.93 bits per heavy atom. The van der Waals surface area contributed by atoms with Crippen LogP contribution in [-0.2, 0) is 9.53 Å². The Kier molecular flexibility index (Phi) is 5.18. The van der Waals surface area contributed by atoms with Crippen molar-refractivity contribution in [2.75, 3.05) is 11.9 Å². The summed E-state index contributed by atoms with van der Waals surface area (Å²) in [6.45, 7) is 3.13. The number of nitrogens with one attached hydrogen (secondary N) is 2. The van der Waals surface area contributed by atoms with Gasteiger partial charge in [-0.25, -0.2) is 14.8 Å². The average molecular weight is 387 g/mol. The summed E-state index contributed by atoms with van der Waals surface area (Å²) < 4.78 is 5.07. The molecule has 2 heterocycles. The van der Waals surface area contributed by atoms with Gasteiger partial charge >= 0.3 is 5.97 Å². The van der Waals surface area contributed by atoms with Gasteiger partial charge in [0.1, 0.15) is 5.69 Å². The number of halogens is 1. The van der Waals surface area contributed by atoms with Crippen molar-refractivity contribution in [1.29, 1.82) is 0 Å². The Labute approximate surface area is 158 Å². The number of anilines is 1. The Balaban J connectivity index is 2.28. The van der Waals surface area contributed by atoms with E-state index in [1.165, 1.54) is 25.4 Å². The molecule has 0 saturated carbocycles.